The Morgan fingerprint density at radius 2 is 1.74 bits per heavy atom. The molecule has 1 aliphatic rings. The number of ether oxygens (including phenoxy) is 2. The number of carbonyl (C=O) groups is 3. The Labute approximate surface area is 134 Å². The number of carbonyl (C=O) groups excluding carboxylic acids is 3. The van der Waals surface area contributed by atoms with Gasteiger partial charge >= 0.3 is 11.9 Å². The summed E-state index contributed by atoms with van der Waals surface area (Å²) >= 11 is 0. The average Bonchev–Trinajstić information content (AvgIpc) is 2.57. The average molecular weight is 317 g/mol. The van der Waals surface area contributed by atoms with Crippen molar-refractivity contribution in [3.8, 4) is 0 Å². The van der Waals surface area contributed by atoms with E-state index in [0.29, 0.717) is 13.1 Å². The molecule has 2 rings (SSSR count). The molecule has 0 aliphatic carbocycles. The third kappa shape index (κ3) is 4.95. The van der Waals surface area contributed by atoms with Crippen molar-refractivity contribution in [3.63, 3.8) is 0 Å². The summed E-state index contributed by atoms with van der Waals surface area (Å²) in [5.41, 5.74) is 2.35. The Morgan fingerprint density at radius 1 is 1.09 bits per heavy atom. The van der Waals surface area contributed by atoms with E-state index in [2.05, 4.69) is 10.8 Å². The van der Waals surface area contributed by atoms with Gasteiger partial charge in [-0.15, -0.1) is 0 Å². The molecule has 0 unspecified atom stereocenters. The number of benzene rings is 1. The number of nitrogens with zero attached hydrogens (tertiary/aromatic N) is 1. The van der Waals surface area contributed by atoms with Crippen LogP contribution in [0.5, 0.6) is 0 Å². The first-order valence-corrected chi connectivity index (χ1v) is 7.46. The van der Waals surface area contributed by atoms with Gasteiger partial charge in [-0.25, -0.2) is 9.59 Å². The Morgan fingerprint density at radius 3 is 2.43 bits per heavy atom. The standard InChI is InChI=1S/C17H19NO5/c1-2-22-16(20)7-8-17(21)23-12-15(19)18-10-9-13-5-3-4-6-14(13)11-18/h3-8H,2,9-12H2,1H3/b8-7+. The van der Waals surface area contributed by atoms with E-state index >= 15 is 0 Å². The van der Waals surface area contributed by atoms with E-state index < -0.39 is 11.9 Å². The summed E-state index contributed by atoms with van der Waals surface area (Å²) < 4.78 is 9.49. The van der Waals surface area contributed by atoms with E-state index in [-0.39, 0.29) is 19.1 Å². The van der Waals surface area contributed by atoms with E-state index in [1.165, 1.54) is 5.56 Å². The van der Waals surface area contributed by atoms with Crippen LogP contribution in [0.1, 0.15) is 18.1 Å². The van der Waals surface area contributed by atoms with Gasteiger partial charge in [-0.1, -0.05) is 24.3 Å². The minimum atomic E-state index is -0.746. The zero-order valence-corrected chi connectivity index (χ0v) is 13.0. The summed E-state index contributed by atoms with van der Waals surface area (Å²) in [6.07, 6.45) is 2.73. The van der Waals surface area contributed by atoms with Crippen LogP contribution in [0.25, 0.3) is 0 Å². The molecule has 1 aromatic rings. The molecule has 1 aromatic carbocycles. The quantitative estimate of drug-likeness (QED) is 0.603. The van der Waals surface area contributed by atoms with Crippen molar-refractivity contribution in [1.29, 1.82) is 0 Å². The Hall–Kier alpha value is -2.63. The minimum Gasteiger partial charge on any atom is -0.463 e. The highest BCUT2D eigenvalue weighted by molar-refractivity contribution is 5.92. The second kappa shape index (κ2) is 8.12. The van der Waals surface area contributed by atoms with Gasteiger partial charge in [-0.3, -0.25) is 4.79 Å². The molecule has 0 radical (unpaired) electrons. The number of hydrogen-bond acceptors (Lipinski definition) is 5. The van der Waals surface area contributed by atoms with E-state index in [0.717, 1.165) is 24.1 Å². The summed E-state index contributed by atoms with van der Waals surface area (Å²) in [4.78, 5) is 36.3. The SMILES string of the molecule is CCOC(=O)/C=C/C(=O)OCC(=O)N1CCc2ccccc2C1. The largest absolute Gasteiger partial charge is 0.463 e. The van der Waals surface area contributed by atoms with Crippen LogP contribution < -0.4 is 0 Å². The molecule has 0 spiro atoms. The van der Waals surface area contributed by atoms with Gasteiger partial charge in [0, 0.05) is 25.2 Å². The molecular formula is C17H19NO5. The van der Waals surface area contributed by atoms with Crippen LogP contribution in [0.15, 0.2) is 36.4 Å². The maximum absolute atomic E-state index is 12.1. The fourth-order valence-electron chi connectivity index (χ4n) is 2.31. The molecule has 122 valence electrons. The highest BCUT2D eigenvalue weighted by Gasteiger charge is 2.20. The van der Waals surface area contributed by atoms with Crippen LogP contribution in [-0.4, -0.2) is 42.5 Å². The third-order valence-electron chi connectivity index (χ3n) is 3.46. The van der Waals surface area contributed by atoms with Crippen molar-refractivity contribution in [2.45, 2.75) is 19.9 Å². The van der Waals surface area contributed by atoms with Gasteiger partial charge in [0.05, 0.1) is 6.61 Å². The van der Waals surface area contributed by atoms with Crippen molar-refractivity contribution in [3.05, 3.63) is 47.5 Å². The van der Waals surface area contributed by atoms with Crippen LogP contribution in [0.2, 0.25) is 0 Å². The molecule has 23 heavy (non-hydrogen) atoms. The van der Waals surface area contributed by atoms with Crippen molar-refractivity contribution < 1.29 is 23.9 Å². The molecular weight excluding hydrogens is 298 g/mol. The van der Waals surface area contributed by atoms with Gasteiger partial charge in [-0.2, -0.15) is 0 Å². The molecule has 0 aromatic heterocycles. The first-order valence-electron chi connectivity index (χ1n) is 7.46. The molecule has 0 fully saturated rings. The van der Waals surface area contributed by atoms with Gasteiger partial charge in [0.25, 0.3) is 5.91 Å². The molecule has 1 heterocycles. The lowest BCUT2D eigenvalue weighted by Gasteiger charge is -2.28. The third-order valence-corrected chi connectivity index (χ3v) is 3.46. The summed E-state index contributed by atoms with van der Waals surface area (Å²) in [6, 6.07) is 7.96. The first kappa shape index (κ1) is 16.7. The van der Waals surface area contributed by atoms with Crippen LogP contribution in [0.4, 0.5) is 0 Å². The Balaban J connectivity index is 1.79. The summed E-state index contributed by atoms with van der Waals surface area (Å²) in [7, 11) is 0. The lowest BCUT2D eigenvalue weighted by Crippen LogP contribution is -2.38. The zero-order chi connectivity index (χ0) is 16.7. The Bertz CT molecular complexity index is 623. The van der Waals surface area contributed by atoms with Crippen molar-refractivity contribution >= 4 is 17.8 Å². The number of amides is 1. The van der Waals surface area contributed by atoms with Gasteiger partial charge in [0.2, 0.25) is 0 Å². The lowest BCUT2D eigenvalue weighted by molar-refractivity contribution is -0.148. The number of rotatable bonds is 5. The maximum Gasteiger partial charge on any atom is 0.331 e. The van der Waals surface area contributed by atoms with Crippen molar-refractivity contribution in [2.24, 2.45) is 0 Å². The molecule has 1 aliphatic heterocycles. The van der Waals surface area contributed by atoms with E-state index in [1.54, 1.807) is 11.8 Å². The molecule has 0 saturated heterocycles. The van der Waals surface area contributed by atoms with Crippen LogP contribution in [-0.2, 0) is 36.8 Å². The second-order valence-electron chi connectivity index (χ2n) is 5.03. The van der Waals surface area contributed by atoms with Crippen LogP contribution in [0.3, 0.4) is 0 Å². The molecule has 0 bridgehead atoms. The fourth-order valence-corrected chi connectivity index (χ4v) is 2.31. The Kier molecular flexibility index (Phi) is 5.91. The fraction of sp³-hybridized carbons (Fsp3) is 0.353. The maximum atomic E-state index is 12.1. The molecule has 0 atom stereocenters. The smallest absolute Gasteiger partial charge is 0.331 e. The predicted molar refractivity (Wildman–Crippen MR) is 82.3 cm³/mol. The lowest BCUT2D eigenvalue weighted by atomic mass is 10.00. The molecule has 1 amide bonds. The highest BCUT2D eigenvalue weighted by Crippen LogP contribution is 2.18. The van der Waals surface area contributed by atoms with Gasteiger partial charge in [0.15, 0.2) is 6.61 Å². The van der Waals surface area contributed by atoms with E-state index in [4.69, 9.17) is 4.74 Å². The van der Waals surface area contributed by atoms with Crippen LogP contribution in [0, 0.1) is 0 Å². The molecule has 0 N–H and O–H groups in total. The first-order chi connectivity index (χ1) is 11.1. The second-order valence-corrected chi connectivity index (χ2v) is 5.03. The van der Waals surface area contributed by atoms with E-state index in [9.17, 15) is 14.4 Å². The van der Waals surface area contributed by atoms with E-state index in [1.807, 2.05) is 18.2 Å². The minimum absolute atomic E-state index is 0.229. The number of esters is 2. The van der Waals surface area contributed by atoms with Gasteiger partial charge < -0.3 is 14.4 Å². The monoisotopic (exact) mass is 317 g/mol. The normalized spacial score (nSPS) is 13.5. The number of hydrogen-bond donors (Lipinski definition) is 0. The van der Waals surface area contributed by atoms with Crippen molar-refractivity contribution in [1.82, 2.24) is 4.90 Å². The topological polar surface area (TPSA) is 72.9 Å². The molecule has 6 heteroatoms. The summed E-state index contributed by atoms with van der Waals surface area (Å²) in [5, 5.41) is 0. The highest BCUT2D eigenvalue weighted by atomic mass is 16.5. The van der Waals surface area contributed by atoms with Crippen molar-refractivity contribution in [2.75, 3.05) is 19.8 Å². The van der Waals surface area contributed by atoms with Crippen LogP contribution >= 0.6 is 0 Å². The molecule has 0 saturated carbocycles. The van der Waals surface area contributed by atoms with Gasteiger partial charge in [-0.05, 0) is 24.5 Å². The van der Waals surface area contributed by atoms with Gasteiger partial charge in [0.1, 0.15) is 0 Å². The summed E-state index contributed by atoms with van der Waals surface area (Å²) in [5.74, 6) is -1.62. The number of fused-ring (bicyclic) bond motifs is 1. The zero-order valence-electron chi connectivity index (χ0n) is 13.0. The molecule has 6 nitrogen and oxygen atoms in total. The summed E-state index contributed by atoms with van der Waals surface area (Å²) in [6.45, 7) is 2.68. The predicted octanol–water partition coefficient (Wildman–Crippen LogP) is 1.23.